The average Bonchev–Trinajstić information content (AvgIpc) is 2.76. The van der Waals surface area contributed by atoms with Crippen LogP contribution in [0.5, 0.6) is 5.75 Å². The fourth-order valence-corrected chi connectivity index (χ4v) is 4.55. The van der Waals surface area contributed by atoms with Crippen LogP contribution in [0.1, 0.15) is 41.0 Å². The standard InChI is InChI=1S/C24H24N2O4S/c1-24(2)12-19-18(13-30-24)22(26-21(25-19)15-7-5-4-6-8-15)31-14-17-11-16(23(27)28)9-10-20(17)29-3/h4-11H,12-14H2,1-3H3,(H,27,28). The highest BCUT2D eigenvalue weighted by Gasteiger charge is 2.30. The first kappa shape index (κ1) is 21.3. The van der Waals surface area contributed by atoms with Crippen LogP contribution in [0.25, 0.3) is 11.4 Å². The Hall–Kier alpha value is -2.90. The normalized spacial score (nSPS) is 14.7. The monoisotopic (exact) mass is 436 g/mol. The van der Waals surface area contributed by atoms with Gasteiger partial charge < -0.3 is 14.6 Å². The Morgan fingerprint density at radius 3 is 2.68 bits per heavy atom. The molecule has 2 heterocycles. The van der Waals surface area contributed by atoms with E-state index < -0.39 is 5.97 Å². The van der Waals surface area contributed by atoms with Crippen molar-refractivity contribution in [2.75, 3.05) is 7.11 Å². The van der Waals surface area contributed by atoms with Crippen LogP contribution in [-0.4, -0.2) is 33.8 Å². The molecule has 0 atom stereocenters. The fraction of sp³-hybridized carbons (Fsp3) is 0.292. The van der Waals surface area contributed by atoms with Gasteiger partial charge in [-0.1, -0.05) is 30.3 Å². The van der Waals surface area contributed by atoms with Crippen molar-refractivity contribution in [3.05, 3.63) is 70.9 Å². The van der Waals surface area contributed by atoms with Crippen molar-refractivity contribution in [3.8, 4) is 17.1 Å². The molecule has 1 N–H and O–H groups in total. The summed E-state index contributed by atoms with van der Waals surface area (Å²) in [6, 6.07) is 14.8. The van der Waals surface area contributed by atoms with Crippen molar-refractivity contribution < 1.29 is 19.4 Å². The number of hydrogen-bond acceptors (Lipinski definition) is 6. The number of thioether (sulfide) groups is 1. The van der Waals surface area contributed by atoms with Gasteiger partial charge >= 0.3 is 5.97 Å². The highest BCUT2D eigenvalue weighted by Crippen LogP contribution is 2.36. The van der Waals surface area contributed by atoms with Crippen LogP contribution in [0.4, 0.5) is 0 Å². The second-order valence-electron chi connectivity index (χ2n) is 7.99. The summed E-state index contributed by atoms with van der Waals surface area (Å²) in [5.41, 5.74) is 3.71. The highest BCUT2D eigenvalue weighted by atomic mass is 32.2. The molecule has 3 aromatic rings. The minimum absolute atomic E-state index is 0.233. The van der Waals surface area contributed by atoms with Gasteiger partial charge in [-0.05, 0) is 32.0 Å². The smallest absolute Gasteiger partial charge is 0.335 e. The maximum Gasteiger partial charge on any atom is 0.335 e. The van der Waals surface area contributed by atoms with Gasteiger partial charge in [0, 0.05) is 28.9 Å². The third-order valence-corrected chi connectivity index (χ3v) is 6.25. The molecule has 0 saturated carbocycles. The topological polar surface area (TPSA) is 81.5 Å². The Morgan fingerprint density at radius 1 is 1.19 bits per heavy atom. The molecule has 0 saturated heterocycles. The number of carboxylic acids is 1. The first-order chi connectivity index (χ1) is 14.9. The maximum absolute atomic E-state index is 11.4. The first-order valence-electron chi connectivity index (χ1n) is 9.98. The van der Waals surface area contributed by atoms with Gasteiger partial charge in [0.15, 0.2) is 5.82 Å². The first-order valence-corrected chi connectivity index (χ1v) is 11.0. The van der Waals surface area contributed by atoms with E-state index in [2.05, 4.69) is 13.8 Å². The number of methoxy groups -OCH3 is 1. The van der Waals surface area contributed by atoms with Gasteiger partial charge in [0.05, 0.1) is 30.6 Å². The van der Waals surface area contributed by atoms with Crippen LogP contribution in [0.3, 0.4) is 0 Å². The number of aromatic nitrogens is 2. The van der Waals surface area contributed by atoms with Crippen LogP contribution in [0.15, 0.2) is 53.6 Å². The van der Waals surface area contributed by atoms with E-state index in [1.54, 1.807) is 37.1 Å². The van der Waals surface area contributed by atoms with Gasteiger partial charge in [0.1, 0.15) is 10.8 Å². The molecule has 0 bridgehead atoms. The largest absolute Gasteiger partial charge is 0.496 e. The lowest BCUT2D eigenvalue weighted by atomic mass is 9.96. The van der Waals surface area contributed by atoms with Crippen LogP contribution in [0.2, 0.25) is 0 Å². The molecule has 160 valence electrons. The van der Waals surface area contributed by atoms with Crippen LogP contribution < -0.4 is 4.74 Å². The van der Waals surface area contributed by atoms with Gasteiger partial charge in [0.2, 0.25) is 0 Å². The molecule has 7 heteroatoms. The second kappa shape index (κ2) is 8.69. The van der Waals surface area contributed by atoms with Gasteiger partial charge in [0.25, 0.3) is 0 Å². The number of fused-ring (bicyclic) bond motifs is 1. The maximum atomic E-state index is 11.4. The molecule has 31 heavy (non-hydrogen) atoms. The van der Waals surface area contributed by atoms with E-state index in [9.17, 15) is 9.90 Å². The molecule has 0 amide bonds. The SMILES string of the molecule is COc1ccc(C(=O)O)cc1CSc1nc(-c2ccccc2)nc2c1COC(C)(C)C2. The minimum Gasteiger partial charge on any atom is -0.496 e. The summed E-state index contributed by atoms with van der Waals surface area (Å²) in [5, 5.41) is 10.2. The predicted molar refractivity (Wildman–Crippen MR) is 120 cm³/mol. The number of hydrogen-bond donors (Lipinski definition) is 1. The van der Waals surface area contributed by atoms with Crippen molar-refractivity contribution >= 4 is 17.7 Å². The number of nitrogens with zero attached hydrogens (tertiary/aromatic N) is 2. The zero-order valence-electron chi connectivity index (χ0n) is 17.7. The summed E-state index contributed by atoms with van der Waals surface area (Å²) >= 11 is 1.54. The summed E-state index contributed by atoms with van der Waals surface area (Å²) in [4.78, 5) is 21.1. The van der Waals surface area contributed by atoms with Crippen LogP contribution >= 0.6 is 11.8 Å². The molecule has 1 aromatic heterocycles. The lowest BCUT2D eigenvalue weighted by Gasteiger charge is -2.32. The van der Waals surface area contributed by atoms with Gasteiger partial charge in [-0.25, -0.2) is 14.8 Å². The molecular weight excluding hydrogens is 412 g/mol. The molecule has 0 spiro atoms. The van der Waals surface area contributed by atoms with Gasteiger partial charge in [-0.15, -0.1) is 11.8 Å². The van der Waals surface area contributed by atoms with Crippen LogP contribution in [-0.2, 0) is 23.5 Å². The third-order valence-electron chi connectivity index (χ3n) is 5.18. The van der Waals surface area contributed by atoms with Gasteiger partial charge in [-0.3, -0.25) is 0 Å². The van der Waals surface area contributed by atoms with E-state index in [0.717, 1.165) is 27.4 Å². The Balaban J connectivity index is 1.71. The number of carboxylic acid groups (broad SMARTS) is 1. The number of carbonyl (C=O) groups is 1. The highest BCUT2D eigenvalue weighted by molar-refractivity contribution is 7.98. The average molecular weight is 437 g/mol. The van der Waals surface area contributed by atoms with E-state index in [1.165, 1.54) is 0 Å². The molecule has 0 aliphatic carbocycles. The molecule has 6 nitrogen and oxygen atoms in total. The molecule has 1 aliphatic heterocycles. The van der Waals surface area contributed by atoms with Gasteiger partial charge in [-0.2, -0.15) is 0 Å². The van der Waals surface area contributed by atoms with Crippen molar-refractivity contribution in [2.24, 2.45) is 0 Å². The molecule has 1 aliphatic rings. The number of benzene rings is 2. The minimum atomic E-state index is -0.963. The molecule has 2 aromatic carbocycles. The molecule has 0 fully saturated rings. The molecule has 4 rings (SSSR count). The van der Waals surface area contributed by atoms with Crippen molar-refractivity contribution in [3.63, 3.8) is 0 Å². The summed E-state index contributed by atoms with van der Waals surface area (Å²) in [7, 11) is 1.58. The lowest BCUT2D eigenvalue weighted by Crippen LogP contribution is -2.33. The van der Waals surface area contributed by atoms with Crippen molar-refractivity contribution in [1.29, 1.82) is 0 Å². The lowest BCUT2D eigenvalue weighted by molar-refractivity contribution is -0.0428. The Bertz CT molecular complexity index is 1120. The van der Waals surface area contributed by atoms with E-state index in [1.807, 2.05) is 30.3 Å². The zero-order valence-corrected chi connectivity index (χ0v) is 18.5. The molecular formula is C24H24N2O4S. The number of ether oxygens (including phenoxy) is 2. The molecule has 0 unspecified atom stereocenters. The van der Waals surface area contributed by atoms with E-state index in [4.69, 9.17) is 19.4 Å². The fourth-order valence-electron chi connectivity index (χ4n) is 3.53. The molecule has 0 radical (unpaired) electrons. The van der Waals surface area contributed by atoms with Crippen molar-refractivity contribution in [2.45, 2.75) is 43.3 Å². The second-order valence-corrected chi connectivity index (χ2v) is 8.95. The summed E-state index contributed by atoms with van der Waals surface area (Å²) in [6.45, 7) is 4.58. The summed E-state index contributed by atoms with van der Waals surface area (Å²) in [5.74, 6) is 0.896. The van der Waals surface area contributed by atoms with E-state index in [-0.39, 0.29) is 11.2 Å². The zero-order chi connectivity index (χ0) is 22.0. The Morgan fingerprint density at radius 2 is 1.97 bits per heavy atom. The summed E-state index contributed by atoms with van der Waals surface area (Å²) < 4.78 is 11.5. The quantitative estimate of drug-likeness (QED) is 0.430. The predicted octanol–water partition coefficient (Wildman–Crippen LogP) is 4.99. The van der Waals surface area contributed by atoms with E-state index in [0.29, 0.717) is 30.4 Å². The Labute approximate surface area is 185 Å². The van der Waals surface area contributed by atoms with E-state index >= 15 is 0 Å². The number of aromatic carboxylic acids is 1. The van der Waals surface area contributed by atoms with Crippen LogP contribution in [0, 0.1) is 0 Å². The Kier molecular flexibility index (Phi) is 5.98. The third kappa shape index (κ3) is 4.73. The number of rotatable bonds is 6. The summed E-state index contributed by atoms with van der Waals surface area (Å²) in [6.07, 6.45) is 0.704. The van der Waals surface area contributed by atoms with Crippen molar-refractivity contribution in [1.82, 2.24) is 9.97 Å².